The third kappa shape index (κ3) is 4.50. The summed E-state index contributed by atoms with van der Waals surface area (Å²) in [6.07, 6.45) is 1.58. The lowest BCUT2D eigenvalue weighted by molar-refractivity contribution is 0.0992. The van der Waals surface area contributed by atoms with Crippen LogP contribution in [0, 0.1) is 0 Å². The smallest absolute Gasteiger partial charge is 0.291 e. The van der Waals surface area contributed by atoms with Crippen LogP contribution in [0.5, 0.6) is 11.5 Å². The molecule has 1 N–H and O–H groups in total. The number of hydrogen-bond donors (Lipinski definition) is 1. The third-order valence-electron chi connectivity index (χ3n) is 4.30. The number of nitrogens with one attached hydrogen (secondary N) is 1. The molecule has 4 rings (SSSR count). The monoisotopic (exact) mass is 442 g/mol. The molecule has 2 heterocycles. The fourth-order valence-electron chi connectivity index (χ4n) is 2.81. The van der Waals surface area contributed by atoms with Gasteiger partial charge in [0.05, 0.1) is 29.5 Å². The second kappa shape index (κ2) is 8.65. The van der Waals surface area contributed by atoms with Gasteiger partial charge in [0.15, 0.2) is 5.76 Å². The molecule has 8 heteroatoms. The Bertz CT molecular complexity index is 1220. The first-order chi connectivity index (χ1) is 14.5. The topological polar surface area (TPSA) is 73.6 Å². The van der Waals surface area contributed by atoms with Gasteiger partial charge in [-0.05, 0) is 48.5 Å². The van der Waals surface area contributed by atoms with Gasteiger partial charge in [0, 0.05) is 16.5 Å². The van der Waals surface area contributed by atoms with Crippen molar-refractivity contribution in [1.82, 2.24) is 4.98 Å². The van der Waals surface area contributed by atoms with Crippen LogP contribution in [-0.2, 0) is 6.61 Å². The van der Waals surface area contributed by atoms with Crippen LogP contribution in [0.2, 0.25) is 10.0 Å². The molecule has 0 aliphatic rings. The van der Waals surface area contributed by atoms with Crippen LogP contribution in [0.4, 0.5) is 5.69 Å². The number of amides is 1. The van der Waals surface area contributed by atoms with Gasteiger partial charge >= 0.3 is 0 Å². The van der Waals surface area contributed by atoms with Crippen LogP contribution >= 0.6 is 23.2 Å². The predicted octanol–water partition coefficient (Wildman–Crippen LogP) is 5.97. The zero-order chi connectivity index (χ0) is 21.1. The Balaban J connectivity index is 1.41. The molecule has 0 radical (unpaired) electrons. The first-order valence-corrected chi connectivity index (χ1v) is 9.69. The zero-order valence-corrected chi connectivity index (χ0v) is 17.3. The molecule has 4 aromatic rings. The van der Waals surface area contributed by atoms with E-state index >= 15 is 0 Å². The van der Waals surface area contributed by atoms with Gasteiger partial charge in [-0.2, -0.15) is 0 Å². The third-order valence-corrected chi connectivity index (χ3v) is 4.83. The fraction of sp³-hybridized carbons (Fsp3) is 0.0909. The van der Waals surface area contributed by atoms with E-state index in [0.717, 1.165) is 16.7 Å². The molecule has 0 unspecified atom stereocenters. The molecule has 0 bridgehead atoms. The lowest BCUT2D eigenvalue weighted by atomic mass is 10.2. The minimum atomic E-state index is -0.388. The zero-order valence-electron chi connectivity index (χ0n) is 15.8. The number of benzene rings is 2. The molecular formula is C22H16Cl2N2O4. The number of furan rings is 1. The summed E-state index contributed by atoms with van der Waals surface area (Å²) in [5.74, 6) is 1.44. The van der Waals surface area contributed by atoms with Gasteiger partial charge in [0.25, 0.3) is 5.91 Å². The van der Waals surface area contributed by atoms with Crippen LogP contribution in [0.1, 0.15) is 16.3 Å². The number of fused-ring (bicyclic) bond motifs is 1. The Morgan fingerprint density at radius 3 is 2.77 bits per heavy atom. The van der Waals surface area contributed by atoms with Gasteiger partial charge in [-0.15, -0.1) is 0 Å². The molecule has 2 aromatic carbocycles. The van der Waals surface area contributed by atoms with Crippen molar-refractivity contribution < 1.29 is 18.7 Å². The number of methoxy groups -OCH3 is 1. The lowest BCUT2D eigenvalue weighted by Crippen LogP contribution is -2.11. The van der Waals surface area contributed by atoms with Crippen LogP contribution < -0.4 is 14.8 Å². The van der Waals surface area contributed by atoms with Crippen molar-refractivity contribution in [3.63, 3.8) is 0 Å². The van der Waals surface area contributed by atoms with Crippen molar-refractivity contribution in [2.45, 2.75) is 6.61 Å². The number of halogens is 2. The Kier molecular flexibility index (Phi) is 5.79. The molecule has 2 aromatic heterocycles. The van der Waals surface area contributed by atoms with E-state index in [1.54, 1.807) is 43.6 Å². The highest BCUT2D eigenvalue weighted by Gasteiger charge is 2.13. The summed E-state index contributed by atoms with van der Waals surface area (Å²) in [7, 11) is 1.60. The number of pyridine rings is 1. The summed E-state index contributed by atoms with van der Waals surface area (Å²) in [4.78, 5) is 16.9. The fourth-order valence-corrected chi connectivity index (χ4v) is 3.27. The molecule has 0 atom stereocenters. The first-order valence-electron chi connectivity index (χ1n) is 8.93. The summed E-state index contributed by atoms with van der Waals surface area (Å²) in [6, 6.07) is 15.6. The van der Waals surface area contributed by atoms with E-state index in [1.165, 1.54) is 0 Å². The second-order valence-corrected chi connectivity index (χ2v) is 7.21. The second-order valence-electron chi connectivity index (χ2n) is 6.37. The molecule has 1 amide bonds. The Labute approximate surface area is 182 Å². The van der Waals surface area contributed by atoms with E-state index in [0.29, 0.717) is 27.2 Å². The van der Waals surface area contributed by atoms with E-state index in [4.69, 9.17) is 37.1 Å². The maximum Gasteiger partial charge on any atom is 0.291 e. The van der Waals surface area contributed by atoms with Crippen molar-refractivity contribution in [3.8, 4) is 11.5 Å². The number of aromatic nitrogens is 1. The van der Waals surface area contributed by atoms with E-state index in [2.05, 4.69) is 10.3 Å². The number of nitrogens with zero attached hydrogens (tertiary/aromatic N) is 1. The molecule has 152 valence electrons. The van der Waals surface area contributed by atoms with E-state index in [9.17, 15) is 4.79 Å². The SMILES string of the molecule is COc1ccc2cc(NC(=O)c3ccc(COc4ccc(Cl)cc4Cl)o3)cnc2c1. The van der Waals surface area contributed by atoms with E-state index < -0.39 is 0 Å². The van der Waals surface area contributed by atoms with Gasteiger partial charge in [0.1, 0.15) is 23.9 Å². The Morgan fingerprint density at radius 2 is 1.97 bits per heavy atom. The van der Waals surface area contributed by atoms with Crippen LogP contribution in [0.3, 0.4) is 0 Å². The standard InChI is InChI=1S/C22H16Cl2N2O4/c1-28-16-4-2-13-8-15(11-25-19(13)10-16)26-22(27)21-7-5-17(30-21)12-29-20-6-3-14(23)9-18(20)24/h2-11H,12H2,1H3,(H,26,27). The number of anilines is 1. The summed E-state index contributed by atoms with van der Waals surface area (Å²) in [5, 5.41) is 4.57. The molecule has 0 saturated carbocycles. The average Bonchev–Trinajstić information content (AvgIpc) is 3.22. The van der Waals surface area contributed by atoms with Crippen LogP contribution in [-0.4, -0.2) is 18.0 Å². The highest BCUT2D eigenvalue weighted by atomic mass is 35.5. The normalized spacial score (nSPS) is 10.8. The van der Waals surface area contributed by atoms with Crippen molar-refractivity contribution >= 4 is 45.7 Å². The van der Waals surface area contributed by atoms with Crippen LogP contribution in [0.25, 0.3) is 10.9 Å². The number of hydrogen-bond acceptors (Lipinski definition) is 5. The highest BCUT2D eigenvalue weighted by molar-refractivity contribution is 6.35. The summed E-state index contributed by atoms with van der Waals surface area (Å²) in [5.41, 5.74) is 1.32. The van der Waals surface area contributed by atoms with Gasteiger partial charge in [-0.3, -0.25) is 9.78 Å². The molecule has 6 nitrogen and oxygen atoms in total. The number of ether oxygens (including phenoxy) is 2. The van der Waals surface area contributed by atoms with Crippen molar-refractivity contribution in [2.75, 3.05) is 12.4 Å². The van der Waals surface area contributed by atoms with E-state index in [-0.39, 0.29) is 18.3 Å². The van der Waals surface area contributed by atoms with Gasteiger partial charge in [0.2, 0.25) is 0 Å². The number of carbonyl (C=O) groups is 1. The van der Waals surface area contributed by atoms with Crippen molar-refractivity contribution in [1.29, 1.82) is 0 Å². The van der Waals surface area contributed by atoms with Gasteiger partial charge in [-0.1, -0.05) is 23.2 Å². The van der Waals surface area contributed by atoms with Crippen molar-refractivity contribution in [2.24, 2.45) is 0 Å². The van der Waals surface area contributed by atoms with Gasteiger partial charge in [-0.25, -0.2) is 0 Å². The Morgan fingerprint density at radius 1 is 1.10 bits per heavy atom. The van der Waals surface area contributed by atoms with Gasteiger partial charge < -0.3 is 19.2 Å². The first kappa shape index (κ1) is 20.1. The average molecular weight is 443 g/mol. The summed E-state index contributed by atoms with van der Waals surface area (Å²) in [6.45, 7) is 0.119. The molecule has 0 spiro atoms. The number of carbonyl (C=O) groups excluding carboxylic acids is 1. The largest absolute Gasteiger partial charge is 0.497 e. The molecular weight excluding hydrogens is 427 g/mol. The quantitative estimate of drug-likeness (QED) is 0.397. The molecule has 0 aliphatic heterocycles. The van der Waals surface area contributed by atoms with Crippen molar-refractivity contribution in [3.05, 3.63) is 82.4 Å². The molecule has 0 fully saturated rings. The maximum atomic E-state index is 12.5. The Hall–Kier alpha value is -3.22. The molecule has 0 saturated heterocycles. The highest BCUT2D eigenvalue weighted by Crippen LogP contribution is 2.28. The van der Waals surface area contributed by atoms with E-state index in [1.807, 2.05) is 24.3 Å². The van der Waals surface area contributed by atoms with Crippen LogP contribution in [0.15, 0.2) is 65.2 Å². The lowest BCUT2D eigenvalue weighted by Gasteiger charge is -2.07. The summed E-state index contributed by atoms with van der Waals surface area (Å²) < 4.78 is 16.4. The minimum Gasteiger partial charge on any atom is -0.497 e. The molecule has 30 heavy (non-hydrogen) atoms. The maximum absolute atomic E-state index is 12.5. The number of rotatable bonds is 6. The summed E-state index contributed by atoms with van der Waals surface area (Å²) >= 11 is 12.0. The predicted molar refractivity (Wildman–Crippen MR) is 116 cm³/mol. The molecule has 0 aliphatic carbocycles. The minimum absolute atomic E-state index is 0.119.